The van der Waals surface area contributed by atoms with Crippen LogP contribution >= 0.6 is 34.7 Å². The van der Waals surface area contributed by atoms with Crippen LogP contribution < -0.4 is 15.8 Å². The zero-order chi connectivity index (χ0) is 25.1. The second-order valence-corrected chi connectivity index (χ2v) is 11.1. The first-order valence-corrected chi connectivity index (χ1v) is 13.6. The normalized spacial score (nSPS) is 15.0. The van der Waals surface area contributed by atoms with Gasteiger partial charge in [0.25, 0.3) is 5.91 Å². The van der Waals surface area contributed by atoms with E-state index in [-0.39, 0.29) is 18.3 Å². The van der Waals surface area contributed by atoms with Crippen LogP contribution in [0.1, 0.15) is 52.5 Å². The van der Waals surface area contributed by atoms with E-state index in [2.05, 4.69) is 22.4 Å². The van der Waals surface area contributed by atoms with Crippen LogP contribution in [0.2, 0.25) is 5.02 Å². The minimum absolute atomic E-state index is 0.125. The lowest BCUT2D eigenvalue weighted by Gasteiger charge is -2.18. The Kier molecular flexibility index (Phi) is 8.03. The molecule has 2 heterocycles. The van der Waals surface area contributed by atoms with Gasteiger partial charge in [-0.05, 0) is 62.3 Å². The molecular formula is C24H28ClN5O3S2. The summed E-state index contributed by atoms with van der Waals surface area (Å²) in [6.45, 7) is 6.97. The predicted molar refractivity (Wildman–Crippen MR) is 140 cm³/mol. The number of thiophene rings is 1. The standard InChI is InChI=1S/C24H28ClN5O3S2/c1-4-30-19(11-33-17-9-13(2)6-8-16(17)25)28-29-24(30)34-12-20(31)27-23-21(22(26)32)15-7-5-14(3)10-18(15)35-23/h6,8-9,14H,4-5,7,10-12H2,1-3H3,(H2,26,32)(H,27,31). The van der Waals surface area contributed by atoms with Gasteiger partial charge in [-0.25, -0.2) is 0 Å². The summed E-state index contributed by atoms with van der Waals surface area (Å²) in [7, 11) is 0. The fraction of sp³-hybridized carbons (Fsp3) is 0.417. The number of fused-ring (bicyclic) bond motifs is 1. The van der Waals surface area contributed by atoms with Gasteiger partial charge in [0.2, 0.25) is 5.91 Å². The van der Waals surface area contributed by atoms with Crippen molar-refractivity contribution in [3.05, 3.63) is 50.6 Å². The summed E-state index contributed by atoms with van der Waals surface area (Å²) in [5.41, 5.74) is 8.15. The predicted octanol–water partition coefficient (Wildman–Crippen LogP) is 4.85. The first-order chi connectivity index (χ1) is 16.8. The van der Waals surface area contributed by atoms with Crippen molar-refractivity contribution in [2.75, 3.05) is 11.1 Å². The smallest absolute Gasteiger partial charge is 0.251 e. The molecule has 0 bridgehead atoms. The summed E-state index contributed by atoms with van der Waals surface area (Å²) in [5.74, 6) is 1.19. The average Bonchev–Trinajstić information content (AvgIpc) is 3.37. The summed E-state index contributed by atoms with van der Waals surface area (Å²) >= 11 is 8.96. The third-order valence-electron chi connectivity index (χ3n) is 5.90. The van der Waals surface area contributed by atoms with Crippen molar-refractivity contribution in [2.24, 2.45) is 11.7 Å². The maximum absolute atomic E-state index is 12.8. The molecule has 186 valence electrons. The minimum atomic E-state index is -0.496. The molecule has 4 rings (SSSR count). The number of rotatable bonds is 9. The first-order valence-electron chi connectivity index (χ1n) is 11.4. The highest BCUT2D eigenvalue weighted by Crippen LogP contribution is 2.39. The number of hydrogen-bond acceptors (Lipinski definition) is 7. The Morgan fingerprint density at radius 2 is 2.17 bits per heavy atom. The van der Waals surface area contributed by atoms with Gasteiger partial charge in [0.15, 0.2) is 11.0 Å². The number of ether oxygens (including phenoxy) is 1. The molecule has 11 heteroatoms. The highest BCUT2D eigenvalue weighted by molar-refractivity contribution is 7.99. The number of aryl methyl sites for hydroxylation is 1. The van der Waals surface area contributed by atoms with E-state index >= 15 is 0 Å². The molecule has 3 N–H and O–H groups in total. The van der Waals surface area contributed by atoms with Crippen molar-refractivity contribution in [2.45, 2.75) is 58.3 Å². The van der Waals surface area contributed by atoms with Gasteiger partial charge in [-0.1, -0.05) is 36.4 Å². The van der Waals surface area contributed by atoms with E-state index in [1.807, 2.05) is 30.5 Å². The third kappa shape index (κ3) is 5.82. The van der Waals surface area contributed by atoms with Gasteiger partial charge in [-0.15, -0.1) is 21.5 Å². The molecule has 0 spiro atoms. The molecule has 8 nitrogen and oxygen atoms in total. The van der Waals surface area contributed by atoms with Crippen LogP contribution in [0.25, 0.3) is 0 Å². The topological polar surface area (TPSA) is 112 Å². The van der Waals surface area contributed by atoms with E-state index in [4.69, 9.17) is 22.1 Å². The van der Waals surface area contributed by atoms with Crippen molar-refractivity contribution < 1.29 is 14.3 Å². The van der Waals surface area contributed by atoms with Gasteiger partial charge >= 0.3 is 0 Å². The molecule has 1 unspecified atom stereocenters. The first kappa shape index (κ1) is 25.5. The quantitative estimate of drug-likeness (QED) is 0.380. The lowest BCUT2D eigenvalue weighted by molar-refractivity contribution is -0.113. The van der Waals surface area contributed by atoms with Crippen LogP contribution in [0.15, 0.2) is 23.4 Å². The van der Waals surface area contributed by atoms with Crippen LogP contribution in [0, 0.1) is 12.8 Å². The maximum atomic E-state index is 12.8. The Balaban J connectivity index is 1.40. The number of thioether (sulfide) groups is 1. The summed E-state index contributed by atoms with van der Waals surface area (Å²) in [5, 5.41) is 13.1. The lowest BCUT2D eigenvalue weighted by Crippen LogP contribution is -2.20. The molecule has 2 aromatic heterocycles. The van der Waals surface area contributed by atoms with Crippen LogP contribution in [-0.2, 0) is 30.8 Å². The number of primary amides is 1. The summed E-state index contributed by atoms with van der Waals surface area (Å²) < 4.78 is 7.77. The molecule has 0 radical (unpaired) electrons. The fourth-order valence-corrected chi connectivity index (χ4v) is 6.53. The van der Waals surface area contributed by atoms with E-state index in [1.165, 1.54) is 23.1 Å². The van der Waals surface area contributed by atoms with Gasteiger partial charge in [-0.2, -0.15) is 0 Å². The molecule has 0 aliphatic heterocycles. The van der Waals surface area contributed by atoms with Crippen LogP contribution in [0.5, 0.6) is 5.75 Å². The van der Waals surface area contributed by atoms with Crippen molar-refractivity contribution in [1.82, 2.24) is 14.8 Å². The van der Waals surface area contributed by atoms with Gasteiger partial charge < -0.3 is 20.4 Å². The average molecular weight is 534 g/mol. The molecule has 1 atom stereocenters. The van der Waals surface area contributed by atoms with Gasteiger partial charge in [0, 0.05) is 11.4 Å². The van der Waals surface area contributed by atoms with E-state index < -0.39 is 5.91 Å². The Morgan fingerprint density at radius 3 is 2.91 bits per heavy atom. The highest BCUT2D eigenvalue weighted by atomic mass is 35.5. The molecule has 35 heavy (non-hydrogen) atoms. The number of amides is 2. The minimum Gasteiger partial charge on any atom is -0.484 e. The largest absolute Gasteiger partial charge is 0.484 e. The number of nitrogens with zero attached hydrogens (tertiary/aromatic N) is 3. The van der Waals surface area contributed by atoms with Crippen molar-refractivity contribution in [3.63, 3.8) is 0 Å². The molecule has 3 aromatic rings. The molecular weight excluding hydrogens is 506 g/mol. The molecule has 0 saturated carbocycles. The van der Waals surface area contributed by atoms with Crippen LogP contribution in [-0.4, -0.2) is 32.3 Å². The van der Waals surface area contributed by atoms with Crippen molar-refractivity contribution in [3.8, 4) is 5.75 Å². The molecule has 0 saturated heterocycles. The third-order valence-corrected chi connectivity index (χ3v) is 8.35. The Morgan fingerprint density at radius 1 is 1.37 bits per heavy atom. The van der Waals surface area contributed by atoms with E-state index in [0.29, 0.717) is 44.8 Å². The number of hydrogen-bond donors (Lipinski definition) is 2. The summed E-state index contributed by atoms with van der Waals surface area (Å²) in [6.07, 6.45) is 2.74. The number of halogens is 1. The van der Waals surface area contributed by atoms with Gasteiger partial charge in [0.05, 0.1) is 16.3 Å². The number of nitrogens with two attached hydrogens (primary N) is 1. The zero-order valence-electron chi connectivity index (χ0n) is 19.9. The van der Waals surface area contributed by atoms with Crippen molar-refractivity contribution in [1.29, 1.82) is 0 Å². The molecule has 1 aliphatic carbocycles. The molecule has 2 amide bonds. The number of aromatic nitrogens is 3. The number of benzene rings is 1. The Bertz CT molecular complexity index is 1260. The fourth-order valence-electron chi connectivity index (χ4n) is 4.11. The van der Waals surface area contributed by atoms with Crippen LogP contribution in [0.4, 0.5) is 5.00 Å². The molecule has 1 aliphatic rings. The van der Waals surface area contributed by atoms with E-state index in [1.54, 1.807) is 6.07 Å². The maximum Gasteiger partial charge on any atom is 0.251 e. The van der Waals surface area contributed by atoms with Gasteiger partial charge in [0.1, 0.15) is 17.4 Å². The van der Waals surface area contributed by atoms with E-state index in [0.717, 1.165) is 35.3 Å². The number of carbonyl (C=O) groups is 2. The SMILES string of the molecule is CCn1c(COc2cc(C)ccc2Cl)nnc1SCC(=O)Nc1sc2c(c1C(N)=O)CCC(C)C2. The van der Waals surface area contributed by atoms with Crippen molar-refractivity contribution >= 4 is 51.5 Å². The summed E-state index contributed by atoms with van der Waals surface area (Å²) in [6, 6.07) is 5.59. The lowest BCUT2D eigenvalue weighted by atomic mass is 9.88. The molecule has 0 fully saturated rings. The Hall–Kier alpha value is -2.56. The second-order valence-electron chi connectivity index (χ2n) is 8.62. The Labute approximate surface area is 217 Å². The monoisotopic (exact) mass is 533 g/mol. The second kappa shape index (κ2) is 11.0. The van der Waals surface area contributed by atoms with E-state index in [9.17, 15) is 9.59 Å². The zero-order valence-corrected chi connectivity index (χ0v) is 22.3. The number of nitrogens with one attached hydrogen (secondary N) is 1. The highest BCUT2D eigenvalue weighted by Gasteiger charge is 2.27. The van der Waals surface area contributed by atoms with Crippen LogP contribution in [0.3, 0.4) is 0 Å². The molecule has 1 aromatic carbocycles. The number of carbonyl (C=O) groups excluding carboxylic acids is 2. The van der Waals surface area contributed by atoms with Gasteiger partial charge in [-0.3, -0.25) is 9.59 Å². The number of anilines is 1. The summed E-state index contributed by atoms with van der Waals surface area (Å²) in [4.78, 5) is 26.0.